The van der Waals surface area contributed by atoms with E-state index in [0.29, 0.717) is 0 Å². The van der Waals surface area contributed by atoms with E-state index in [-0.39, 0.29) is 12.1 Å². The van der Waals surface area contributed by atoms with E-state index in [2.05, 4.69) is 5.32 Å². The molecule has 1 N–H and O–H groups in total. The third kappa shape index (κ3) is 3.96. The van der Waals surface area contributed by atoms with Crippen LogP contribution in [0.15, 0.2) is 24.3 Å². The molecule has 0 aromatic heterocycles. The molecule has 4 nitrogen and oxygen atoms in total. The summed E-state index contributed by atoms with van der Waals surface area (Å²) in [4.78, 5) is 11.8. The van der Waals surface area contributed by atoms with E-state index in [1.807, 2.05) is 52.0 Å². The van der Waals surface area contributed by atoms with Crippen molar-refractivity contribution in [2.45, 2.75) is 45.4 Å². The lowest BCUT2D eigenvalue weighted by Crippen LogP contribution is -2.34. The molecule has 1 saturated heterocycles. The van der Waals surface area contributed by atoms with E-state index in [4.69, 9.17) is 9.47 Å². The normalized spacial score (nSPS) is 19.7. The van der Waals surface area contributed by atoms with Crippen LogP contribution in [-0.4, -0.2) is 18.3 Å². The summed E-state index contributed by atoms with van der Waals surface area (Å²) >= 11 is 0. The molecule has 1 fully saturated rings. The first-order valence-electron chi connectivity index (χ1n) is 6.57. The molecular weight excluding hydrogens is 242 g/mol. The molecular formula is C15H21NO3. The number of nitrogens with one attached hydrogen (secondary N) is 1. The first-order chi connectivity index (χ1) is 8.87. The van der Waals surface area contributed by atoms with E-state index in [1.165, 1.54) is 0 Å². The van der Waals surface area contributed by atoms with E-state index >= 15 is 0 Å². The Morgan fingerprint density at radius 3 is 2.63 bits per heavy atom. The molecule has 0 aliphatic carbocycles. The summed E-state index contributed by atoms with van der Waals surface area (Å²) in [6, 6.07) is 7.91. The van der Waals surface area contributed by atoms with Gasteiger partial charge in [-0.15, -0.1) is 0 Å². The van der Waals surface area contributed by atoms with Crippen LogP contribution in [-0.2, 0) is 9.47 Å². The van der Waals surface area contributed by atoms with Gasteiger partial charge in [0.1, 0.15) is 11.7 Å². The topological polar surface area (TPSA) is 50.9 Å². The van der Waals surface area contributed by atoms with Crippen molar-refractivity contribution in [1.29, 1.82) is 0 Å². The minimum absolute atomic E-state index is 0.102. The molecule has 104 valence electrons. The van der Waals surface area contributed by atoms with Crippen molar-refractivity contribution in [2.75, 3.05) is 6.61 Å². The van der Waals surface area contributed by atoms with Gasteiger partial charge < -0.3 is 14.8 Å². The first-order valence-corrected chi connectivity index (χ1v) is 6.57. The lowest BCUT2D eigenvalue weighted by Gasteiger charge is -2.23. The van der Waals surface area contributed by atoms with Crippen LogP contribution < -0.4 is 5.32 Å². The average Bonchev–Trinajstić information content (AvgIpc) is 3.09. The Bertz CT molecular complexity index is 461. The Labute approximate surface area is 114 Å². The second-order valence-corrected chi connectivity index (χ2v) is 5.82. The van der Waals surface area contributed by atoms with Crippen molar-refractivity contribution in [3.05, 3.63) is 35.4 Å². The molecule has 1 aromatic carbocycles. The molecule has 2 atom stereocenters. The van der Waals surface area contributed by atoms with Gasteiger partial charge in [-0.1, -0.05) is 24.3 Å². The molecule has 0 bridgehead atoms. The summed E-state index contributed by atoms with van der Waals surface area (Å²) in [7, 11) is 0. The number of hydrogen-bond donors (Lipinski definition) is 1. The van der Waals surface area contributed by atoms with Crippen LogP contribution in [0.2, 0.25) is 0 Å². The van der Waals surface area contributed by atoms with Crippen molar-refractivity contribution in [1.82, 2.24) is 5.32 Å². The Morgan fingerprint density at radius 1 is 1.42 bits per heavy atom. The van der Waals surface area contributed by atoms with Crippen molar-refractivity contribution in [2.24, 2.45) is 0 Å². The lowest BCUT2D eigenvalue weighted by atomic mass is 9.99. The van der Waals surface area contributed by atoms with E-state index in [1.54, 1.807) is 0 Å². The second-order valence-electron chi connectivity index (χ2n) is 5.82. The van der Waals surface area contributed by atoms with E-state index in [9.17, 15) is 4.79 Å². The Kier molecular flexibility index (Phi) is 3.80. The minimum Gasteiger partial charge on any atom is -0.444 e. The van der Waals surface area contributed by atoms with Gasteiger partial charge in [0.15, 0.2) is 0 Å². The zero-order valence-electron chi connectivity index (χ0n) is 11.9. The van der Waals surface area contributed by atoms with Gasteiger partial charge in [-0.05, 0) is 38.8 Å². The van der Waals surface area contributed by atoms with Crippen LogP contribution in [0.5, 0.6) is 0 Å². The highest BCUT2D eigenvalue weighted by molar-refractivity contribution is 5.68. The van der Waals surface area contributed by atoms with E-state index < -0.39 is 11.7 Å². The number of epoxide rings is 1. The molecule has 1 aliphatic heterocycles. The quantitative estimate of drug-likeness (QED) is 0.851. The molecule has 4 heteroatoms. The molecule has 0 spiro atoms. The predicted molar refractivity (Wildman–Crippen MR) is 72.9 cm³/mol. The van der Waals surface area contributed by atoms with Gasteiger partial charge >= 0.3 is 6.09 Å². The molecule has 1 aliphatic rings. The smallest absolute Gasteiger partial charge is 0.408 e. The average molecular weight is 263 g/mol. The third-order valence-corrected chi connectivity index (χ3v) is 2.88. The molecule has 1 heterocycles. The lowest BCUT2D eigenvalue weighted by molar-refractivity contribution is 0.0507. The summed E-state index contributed by atoms with van der Waals surface area (Å²) < 4.78 is 10.6. The Hall–Kier alpha value is -1.55. The maximum absolute atomic E-state index is 11.8. The Morgan fingerprint density at radius 2 is 2.05 bits per heavy atom. The molecule has 1 amide bonds. The maximum atomic E-state index is 11.8. The van der Waals surface area contributed by atoms with Crippen LogP contribution in [0.4, 0.5) is 4.79 Å². The zero-order valence-corrected chi connectivity index (χ0v) is 11.9. The zero-order chi connectivity index (χ0) is 14.0. The van der Waals surface area contributed by atoms with Gasteiger partial charge in [-0.2, -0.15) is 0 Å². The number of carbonyl (C=O) groups is 1. The predicted octanol–water partition coefficient (Wildman–Crippen LogP) is 3.34. The fourth-order valence-electron chi connectivity index (χ4n) is 1.99. The van der Waals surface area contributed by atoms with Gasteiger partial charge in [0.05, 0.1) is 12.6 Å². The number of alkyl carbamates (subject to hydrolysis) is 1. The maximum Gasteiger partial charge on any atom is 0.408 e. The molecule has 1 unspecified atom stereocenters. The minimum atomic E-state index is -0.483. The van der Waals surface area contributed by atoms with Crippen LogP contribution in [0.3, 0.4) is 0 Å². The fraction of sp³-hybridized carbons (Fsp3) is 0.533. The SMILES string of the molecule is C[C@@H](NC(=O)OC(C)(C)C)c1ccccc1C1CO1. The summed E-state index contributed by atoms with van der Waals surface area (Å²) in [5.41, 5.74) is 1.74. The number of amides is 1. The summed E-state index contributed by atoms with van der Waals surface area (Å²) in [6.07, 6.45) is -0.217. The van der Waals surface area contributed by atoms with Crippen LogP contribution >= 0.6 is 0 Å². The number of ether oxygens (including phenoxy) is 2. The molecule has 0 radical (unpaired) electrons. The number of hydrogen-bond acceptors (Lipinski definition) is 3. The highest BCUT2D eigenvalue weighted by Gasteiger charge is 2.29. The van der Waals surface area contributed by atoms with Crippen LogP contribution in [0.1, 0.15) is 51.0 Å². The highest BCUT2D eigenvalue weighted by Crippen LogP contribution is 2.34. The fourth-order valence-corrected chi connectivity index (χ4v) is 1.99. The first kappa shape index (κ1) is 13.9. The van der Waals surface area contributed by atoms with Gasteiger partial charge in [0.25, 0.3) is 0 Å². The highest BCUT2D eigenvalue weighted by atomic mass is 16.6. The molecule has 0 saturated carbocycles. The number of benzene rings is 1. The molecule has 2 rings (SSSR count). The number of rotatable bonds is 3. The Balaban J connectivity index is 2.03. The second kappa shape index (κ2) is 5.21. The van der Waals surface area contributed by atoms with Crippen LogP contribution in [0, 0.1) is 0 Å². The number of carbonyl (C=O) groups excluding carboxylic acids is 1. The van der Waals surface area contributed by atoms with E-state index in [0.717, 1.165) is 17.7 Å². The van der Waals surface area contributed by atoms with Crippen molar-refractivity contribution in [3.63, 3.8) is 0 Å². The van der Waals surface area contributed by atoms with Gasteiger partial charge in [0.2, 0.25) is 0 Å². The van der Waals surface area contributed by atoms with Crippen molar-refractivity contribution in [3.8, 4) is 0 Å². The monoisotopic (exact) mass is 263 g/mol. The van der Waals surface area contributed by atoms with Gasteiger partial charge in [-0.3, -0.25) is 0 Å². The standard InChI is InChI=1S/C15H21NO3/c1-10(16-14(17)19-15(2,3)4)11-7-5-6-8-12(11)13-9-18-13/h5-8,10,13H,9H2,1-4H3,(H,16,17)/t10-,13?/m1/s1. The van der Waals surface area contributed by atoms with Crippen molar-refractivity contribution < 1.29 is 14.3 Å². The van der Waals surface area contributed by atoms with Gasteiger partial charge in [0, 0.05) is 0 Å². The summed E-state index contributed by atoms with van der Waals surface area (Å²) in [6.45, 7) is 8.26. The molecule has 1 aromatic rings. The third-order valence-electron chi connectivity index (χ3n) is 2.88. The van der Waals surface area contributed by atoms with Crippen molar-refractivity contribution >= 4 is 6.09 Å². The summed E-state index contributed by atoms with van der Waals surface area (Å²) in [5.74, 6) is 0. The summed E-state index contributed by atoms with van der Waals surface area (Å²) in [5, 5.41) is 2.86. The van der Waals surface area contributed by atoms with Gasteiger partial charge in [-0.25, -0.2) is 4.79 Å². The van der Waals surface area contributed by atoms with Crippen LogP contribution in [0.25, 0.3) is 0 Å². The molecule has 19 heavy (non-hydrogen) atoms. The largest absolute Gasteiger partial charge is 0.444 e.